The molecule has 0 radical (unpaired) electrons. The highest BCUT2D eigenvalue weighted by atomic mass is 35.5. The van der Waals surface area contributed by atoms with E-state index in [1.165, 1.54) is 22.8 Å². The van der Waals surface area contributed by atoms with Crippen LogP contribution in [0.15, 0.2) is 32.2 Å². The van der Waals surface area contributed by atoms with Crippen LogP contribution in [0.3, 0.4) is 0 Å². The van der Waals surface area contributed by atoms with Crippen molar-refractivity contribution in [2.45, 2.75) is 13.5 Å². The average Bonchev–Trinajstić information content (AvgIpc) is 2.46. The monoisotopic (exact) mass is 336 g/mol. The van der Waals surface area contributed by atoms with E-state index in [0.29, 0.717) is 15.9 Å². The molecular formula is C14H9ClN2O6. The lowest BCUT2D eigenvalue weighted by Gasteiger charge is -2.11. The van der Waals surface area contributed by atoms with Crippen LogP contribution < -0.4 is 11.2 Å². The number of fused-ring (bicyclic) bond motifs is 3. The molecule has 0 aliphatic carbocycles. The van der Waals surface area contributed by atoms with E-state index in [4.69, 9.17) is 16.0 Å². The number of hydrogen-bond acceptors (Lipinski definition) is 6. The topological polar surface area (TPSA) is 116 Å². The van der Waals surface area contributed by atoms with E-state index in [2.05, 4.69) is 0 Å². The summed E-state index contributed by atoms with van der Waals surface area (Å²) < 4.78 is 6.24. The number of pyridine rings is 1. The number of aryl methyl sites for hydroxylation is 1. The van der Waals surface area contributed by atoms with Crippen LogP contribution in [0.4, 0.5) is 5.69 Å². The second-order valence-electron chi connectivity index (χ2n) is 4.76. The zero-order chi connectivity index (χ0) is 16.9. The van der Waals surface area contributed by atoms with E-state index in [-0.39, 0.29) is 12.1 Å². The van der Waals surface area contributed by atoms with Gasteiger partial charge in [-0.1, -0.05) is 11.6 Å². The Morgan fingerprint density at radius 1 is 1.39 bits per heavy atom. The number of benzene rings is 1. The Morgan fingerprint density at radius 3 is 2.70 bits per heavy atom. The molecule has 118 valence electrons. The highest BCUT2D eigenvalue weighted by molar-refractivity contribution is 6.31. The van der Waals surface area contributed by atoms with E-state index < -0.39 is 32.9 Å². The number of halogens is 1. The summed E-state index contributed by atoms with van der Waals surface area (Å²) in [6.45, 7) is 1.93. The van der Waals surface area contributed by atoms with Crippen LogP contribution in [-0.4, -0.2) is 14.6 Å². The fraction of sp³-hybridized carbons (Fsp3) is 0.143. The van der Waals surface area contributed by atoms with Crippen LogP contribution in [0.1, 0.15) is 6.92 Å². The number of aromatic hydroxyl groups is 1. The van der Waals surface area contributed by atoms with Crippen molar-refractivity contribution in [1.82, 2.24) is 4.57 Å². The minimum Gasteiger partial charge on any atom is -0.501 e. The normalized spacial score (nSPS) is 11.2. The van der Waals surface area contributed by atoms with Gasteiger partial charge in [0.25, 0.3) is 5.56 Å². The van der Waals surface area contributed by atoms with Gasteiger partial charge in [-0.25, -0.2) is 4.79 Å². The van der Waals surface area contributed by atoms with Crippen LogP contribution in [0.2, 0.25) is 5.02 Å². The second-order valence-corrected chi connectivity index (χ2v) is 5.20. The zero-order valence-corrected chi connectivity index (χ0v) is 12.5. The van der Waals surface area contributed by atoms with Crippen molar-refractivity contribution < 1.29 is 14.4 Å². The maximum absolute atomic E-state index is 12.6. The standard InChI is InChI=1S/C14H9ClN2O6/c1-2-16-8-5-6(15)3-4-7(8)12-9(13(16)19)11(18)10(17(21)22)14(20)23-12/h3-5,18H,2H2,1H3. The van der Waals surface area contributed by atoms with Crippen LogP contribution in [0.25, 0.3) is 21.9 Å². The van der Waals surface area contributed by atoms with Crippen molar-refractivity contribution in [1.29, 1.82) is 0 Å². The number of aromatic nitrogens is 1. The Balaban J connectivity index is 2.71. The zero-order valence-electron chi connectivity index (χ0n) is 11.7. The molecule has 1 N–H and O–H groups in total. The molecule has 0 atom stereocenters. The van der Waals surface area contributed by atoms with Crippen molar-refractivity contribution in [3.05, 3.63) is 54.1 Å². The highest BCUT2D eigenvalue weighted by Gasteiger charge is 2.28. The van der Waals surface area contributed by atoms with Crippen molar-refractivity contribution in [2.24, 2.45) is 0 Å². The molecule has 0 unspecified atom stereocenters. The number of rotatable bonds is 2. The molecule has 0 amide bonds. The van der Waals surface area contributed by atoms with Gasteiger partial charge in [0.1, 0.15) is 5.39 Å². The second kappa shape index (κ2) is 5.10. The predicted molar refractivity (Wildman–Crippen MR) is 83.3 cm³/mol. The molecule has 8 nitrogen and oxygen atoms in total. The molecule has 3 rings (SSSR count). The van der Waals surface area contributed by atoms with Crippen LogP contribution in [0.5, 0.6) is 5.75 Å². The Bertz CT molecular complexity index is 1100. The van der Waals surface area contributed by atoms with Gasteiger partial charge in [-0.15, -0.1) is 0 Å². The van der Waals surface area contributed by atoms with Crippen LogP contribution >= 0.6 is 11.6 Å². The number of hydrogen-bond donors (Lipinski definition) is 1. The van der Waals surface area contributed by atoms with Gasteiger partial charge in [-0.05, 0) is 25.1 Å². The molecule has 0 aliphatic heterocycles. The third-order valence-electron chi connectivity index (χ3n) is 3.53. The molecule has 23 heavy (non-hydrogen) atoms. The molecule has 0 fully saturated rings. The molecule has 1 aromatic carbocycles. The van der Waals surface area contributed by atoms with E-state index in [1.807, 2.05) is 0 Å². The van der Waals surface area contributed by atoms with E-state index >= 15 is 0 Å². The van der Waals surface area contributed by atoms with E-state index in [0.717, 1.165) is 0 Å². The Labute approximate surface area is 132 Å². The Morgan fingerprint density at radius 2 is 2.09 bits per heavy atom. The van der Waals surface area contributed by atoms with Crippen LogP contribution in [-0.2, 0) is 6.54 Å². The fourth-order valence-corrected chi connectivity index (χ4v) is 2.71. The van der Waals surface area contributed by atoms with Crippen molar-refractivity contribution >= 4 is 39.2 Å². The van der Waals surface area contributed by atoms with Gasteiger partial charge in [-0.2, -0.15) is 0 Å². The lowest BCUT2D eigenvalue weighted by molar-refractivity contribution is -0.388. The summed E-state index contributed by atoms with van der Waals surface area (Å²) in [5, 5.41) is 21.3. The summed E-state index contributed by atoms with van der Waals surface area (Å²) in [5.74, 6) is -0.995. The third kappa shape index (κ3) is 2.07. The summed E-state index contributed by atoms with van der Waals surface area (Å²) >= 11 is 5.93. The van der Waals surface area contributed by atoms with Gasteiger partial charge in [0, 0.05) is 17.0 Å². The van der Waals surface area contributed by atoms with Gasteiger partial charge >= 0.3 is 11.3 Å². The van der Waals surface area contributed by atoms with Gasteiger partial charge in [0.15, 0.2) is 5.58 Å². The average molecular weight is 337 g/mol. The Hall–Kier alpha value is -2.87. The van der Waals surface area contributed by atoms with E-state index in [9.17, 15) is 24.8 Å². The summed E-state index contributed by atoms with van der Waals surface area (Å²) in [4.78, 5) is 34.2. The molecule has 0 spiro atoms. The first-order valence-electron chi connectivity index (χ1n) is 6.53. The highest BCUT2D eigenvalue weighted by Crippen LogP contribution is 2.33. The lowest BCUT2D eigenvalue weighted by atomic mass is 10.1. The molecule has 0 saturated heterocycles. The fourth-order valence-electron chi connectivity index (χ4n) is 2.54. The van der Waals surface area contributed by atoms with Crippen molar-refractivity contribution in [3.8, 4) is 5.75 Å². The lowest BCUT2D eigenvalue weighted by Crippen LogP contribution is -2.21. The first-order chi connectivity index (χ1) is 10.9. The molecule has 2 aromatic heterocycles. The van der Waals surface area contributed by atoms with E-state index in [1.54, 1.807) is 6.92 Å². The molecule has 0 saturated carbocycles. The molecule has 2 heterocycles. The minimum absolute atomic E-state index is 0.209. The SMILES string of the molecule is CCn1c(=O)c2c(O)c([N+](=O)[O-])c(=O)oc2c2ccc(Cl)cc21. The molecule has 0 bridgehead atoms. The summed E-state index contributed by atoms with van der Waals surface area (Å²) in [5.41, 5.74) is -3.01. The molecule has 9 heteroatoms. The Kier molecular flexibility index (Phi) is 3.33. The summed E-state index contributed by atoms with van der Waals surface area (Å²) in [6, 6.07) is 4.55. The first kappa shape index (κ1) is 15.0. The number of nitro groups is 1. The first-order valence-corrected chi connectivity index (χ1v) is 6.90. The predicted octanol–water partition coefficient (Wildman–Crippen LogP) is 2.40. The quantitative estimate of drug-likeness (QED) is 0.436. The van der Waals surface area contributed by atoms with Crippen molar-refractivity contribution in [3.63, 3.8) is 0 Å². The third-order valence-corrected chi connectivity index (χ3v) is 3.76. The van der Waals surface area contributed by atoms with Crippen LogP contribution in [0, 0.1) is 10.1 Å². The largest absolute Gasteiger partial charge is 0.501 e. The number of nitrogens with zero attached hydrogens (tertiary/aromatic N) is 2. The molecular weight excluding hydrogens is 328 g/mol. The van der Waals surface area contributed by atoms with Gasteiger partial charge in [0.05, 0.1) is 10.4 Å². The maximum atomic E-state index is 12.6. The summed E-state index contributed by atoms with van der Waals surface area (Å²) in [6.07, 6.45) is 0. The van der Waals surface area contributed by atoms with Gasteiger partial charge in [-0.3, -0.25) is 14.9 Å². The van der Waals surface area contributed by atoms with Crippen molar-refractivity contribution in [2.75, 3.05) is 0 Å². The maximum Gasteiger partial charge on any atom is 0.419 e. The smallest absolute Gasteiger partial charge is 0.419 e. The van der Waals surface area contributed by atoms with Gasteiger partial charge < -0.3 is 14.1 Å². The minimum atomic E-state index is -1.33. The molecule has 0 aliphatic rings. The summed E-state index contributed by atoms with van der Waals surface area (Å²) in [7, 11) is 0. The van der Waals surface area contributed by atoms with Gasteiger partial charge in [0.2, 0.25) is 5.75 Å². The molecule has 3 aromatic rings.